The van der Waals surface area contributed by atoms with Crippen LogP contribution < -0.4 is 4.90 Å². The molecule has 0 amide bonds. The van der Waals surface area contributed by atoms with Crippen molar-refractivity contribution in [1.82, 2.24) is 0 Å². The van der Waals surface area contributed by atoms with Gasteiger partial charge in [0.15, 0.2) is 0 Å². The number of nitrogens with zero attached hydrogens (tertiary/aromatic N) is 1. The molecule has 262 valence electrons. The molecule has 0 aliphatic heterocycles. The molecule has 0 saturated heterocycles. The van der Waals surface area contributed by atoms with Crippen molar-refractivity contribution in [1.29, 1.82) is 0 Å². The highest BCUT2D eigenvalue weighted by atomic mass is 32.1. The largest absolute Gasteiger partial charge is 0.455 e. The predicted molar refractivity (Wildman–Crippen MR) is 237 cm³/mol. The average molecular weight is 734 g/mol. The van der Waals surface area contributed by atoms with Gasteiger partial charge >= 0.3 is 0 Å². The molecule has 4 heteroatoms. The molecule has 0 aliphatic carbocycles. The van der Waals surface area contributed by atoms with E-state index in [9.17, 15) is 0 Å². The second kappa shape index (κ2) is 12.2. The van der Waals surface area contributed by atoms with Crippen LogP contribution in [-0.2, 0) is 0 Å². The monoisotopic (exact) mass is 733 g/mol. The van der Waals surface area contributed by atoms with Gasteiger partial charge in [0.1, 0.15) is 22.3 Å². The summed E-state index contributed by atoms with van der Waals surface area (Å²) in [5.74, 6) is 0. The summed E-state index contributed by atoms with van der Waals surface area (Å²) in [5.41, 5.74) is 11.5. The number of fused-ring (bicyclic) bond motifs is 11. The zero-order valence-corrected chi connectivity index (χ0v) is 30.9. The van der Waals surface area contributed by atoms with E-state index in [1.807, 2.05) is 23.5 Å². The minimum absolute atomic E-state index is 0.903. The van der Waals surface area contributed by atoms with E-state index in [1.165, 1.54) is 31.1 Å². The molecule has 56 heavy (non-hydrogen) atoms. The van der Waals surface area contributed by atoms with Crippen LogP contribution in [0.25, 0.3) is 97.1 Å². The lowest BCUT2D eigenvalue weighted by atomic mass is 10.00. The SMILES string of the molecule is c1ccc(-c2ccccc2N(c2ccc(-c3cccc4c3oc3ccccc34)cc2)c2cccc3c2sc2ccc4c5cc6ccccc6cc5oc4c23)cc1. The maximum absolute atomic E-state index is 6.78. The molecular weight excluding hydrogens is 703 g/mol. The molecule has 3 nitrogen and oxygen atoms in total. The van der Waals surface area contributed by atoms with Crippen molar-refractivity contribution in [3.05, 3.63) is 188 Å². The second-order valence-electron chi connectivity index (χ2n) is 14.4. The standard InChI is InChI=1S/C52H31NO2S/c1-2-12-32(13-3-1)37-16-6-8-21-44(37)53(36-26-24-33(25-27-36)38-18-10-19-40-39-17-7-9-23-46(39)54-50(38)40)45-22-11-20-42-49-48(56-52(42)45)29-28-41-43-30-34-14-4-5-15-35(34)31-47(43)55-51(41)49/h1-31H. The van der Waals surface area contributed by atoms with E-state index >= 15 is 0 Å². The van der Waals surface area contributed by atoms with Crippen molar-refractivity contribution in [2.75, 3.05) is 4.90 Å². The molecule has 0 bridgehead atoms. The Morgan fingerprint density at radius 3 is 1.93 bits per heavy atom. The van der Waals surface area contributed by atoms with Gasteiger partial charge in [0.2, 0.25) is 0 Å². The first-order valence-corrected chi connectivity index (χ1v) is 19.7. The number of hydrogen-bond acceptors (Lipinski definition) is 4. The summed E-state index contributed by atoms with van der Waals surface area (Å²) >= 11 is 1.82. The summed E-state index contributed by atoms with van der Waals surface area (Å²) in [4.78, 5) is 2.42. The summed E-state index contributed by atoms with van der Waals surface area (Å²) < 4.78 is 15.6. The number of para-hydroxylation sites is 3. The molecule has 3 aromatic heterocycles. The van der Waals surface area contributed by atoms with Gasteiger partial charge in [0, 0.05) is 53.8 Å². The van der Waals surface area contributed by atoms with E-state index in [0.717, 1.165) is 83.0 Å². The molecule has 0 spiro atoms. The lowest BCUT2D eigenvalue weighted by Gasteiger charge is -2.28. The molecular formula is C52H31NO2S. The van der Waals surface area contributed by atoms with Crippen molar-refractivity contribution >= 4 is 103 Å². The van der Waals surface area contributed by atoms with Gasteiger partial charge in [-0.3, -0.25) is 0 Å². The van der Waals surface area contributed by atoms with Crippen molar-refractivity contribution in [3.63, 3.8) is 0 Å². The van der Waals surface area contributed by atoms with Gasteiger partial charge in [-0.15, -0.1) is 11.3 Å². The van der Waals surface area contributed by atoms with Gasteiger partial charge in [-0.25, -0.2) is 0 Å². The lowest BCUT2D eigenvalue weighted by molar-refractivity contribution is 0.670. The third kappa shape index (κ3) is 4.70. The molecule has 0 radical (unpaired) electrons. The van der Waals surface area contributed by atoms with E-state index in [1.54, 1.807) is 0 Å². The summed E-state index contributed by atoms with van der Waals surface area (Å²) in [6.45, 7) is 0. The Labute approximate surface area is 325 Å². The van der Waals surface area contributed by atoms with Crippen LogP contribution in [0.1, 0.15) is 0 Å². The average Bonchev–Trinajstić information content (AvgIpc) is 3.95. The summed E-state index contributed by atoms with van der Waals surface area (Å²) in [6, 6.07) is 67.2. The minimum Gasteiger partial charge on any atom is -0.455 e. The molecule has 12 rings (SSSR count). The maximum atomic E-state index is 6.78. The number of furan rings is 2. The molecule has 0 saturated carbocycles. The van der Waals surface area contributed by atoms with Crippen molar-refractivity contribution < 1.29 is 8.83 Å². The third-order valence-electron chi connectivity index (χ3n) is 11.3. The van der Waals surface area contributed by atoms with Crippen LogP contribution in [0.3, 0.4) is 0 Å². The van der Waals surface area contributed by atoms with Crippen molar-refractivity contribution in [3.8, 4) is 22.3 Å². The first kappa shape index (κ1) is 31.2. The molecule has 9 aromatic carbocycles. The fraction of sp³-hybridized carbons (Fsp3) is 0. The smallest absolute Gasteiger partial charge is 0.144 e. The summed E-state index contributed by atoms with van der Waals surface area (Å²) in [7, 11) is 0. The number of benzene rings is 9. The molecule has 0 aliphatic rings. The fourth-order valence-corrected chi connectivity index (χ4v) is 9.87. The first-order valence-electron chi connectivity index (χ1n) is 18.9. The molecule has 0 unspecified atom stereocenters. The molecule has 0 fully saturated rings. The molecule has 0 atom stereocenters. The zero-order chi connectivity index (χ0) is 36.7. The first-order chi connectivity index (χ1) is 27.8. The Hall–Kier alpha value is -7.14. The molecule has 12 aromatic rings. The second-order valence-corrected chi connectivity index (χ2v) is 15.5. The number of rotatable bonds is 5. The van der Waals surface area contributed by atoms with Gasteiger partial charge in [-0.2, -0.15) is 0 Å². The highest BCUT2D eigenvalue weighted by Gasteiger charge is 2.23. The Morgan fingerprint density at radius 2 is 1.04 bits per heavy atom. The van der Waals surface area contributed by atoms with Crippen LogP contribution in [0, 0.1) is 0 Å². The summed E-state index contributed by atoms with van der Waals surface area (Å²) in [6.07, 6.45) is 0. The van der Waals surface area contributed by atoms with Crippen LogP contribution in [0.15, 0.2) is 197 Å². The highest BCUT2D eigenvalue weighted by Crippen LogP contribution is 2.49. The number of hydrogen-bond donors (Lipinski definition) is 0. The normalized spacial score (nSPS) is 11.9. The highest BCUT2D eigenvalue weighted by molar-refractivity contribution is 7.26. The van der Waals surface area contributed by atoms with Crippen LogP contribution in [0.2, 0.25) is 0 Å². The van der Waals surface area contributed by atoms with E-state index in [4.69, 9.17) is 8.83 Å². The van der Waals surface area contributed by atoms with E-state index in [2.05, 4.69) is 181 Å². The van der Waals surface area contributed by atoms with E-state index < -0.39 is 0 Å². The van der Waals surface area contributed by atoms with Gasteiger partial charge in [0.25, 0.3) is 0 Å². The van der Waals surface area contributed by atoms with Crippen molar-refractivity contribution in [2.24, 2.45) is 0 Å². The van der Waals surface area contributed by atoms with Crippen LogP contribution in [-0.4, -0.2) is 0 Å². The van der Waals surface area contributed by atoms with Crippen LogP contribution >= 0.6 is 11.3 Å². The fourth-order valence-electron chi connectivity index (χ4n) is 8.67. The molecule has 3 heterocycles. The molecule has 0 N–H and O–H groups in total. The van der Waals surface area contributed by atoms with Crippen molar-refractivity contribution in [2.45, 2.75) is 0 Å². The Balaban J connectivity index is 1.08. The van der Waals surface area contributed by atoms with Gasteiger partial charge in [-0.1, -0.05) is 133 Å². The Bertz CT molecular complexity index is 3480. The third-order valence-corrected chi connectivity index (χ3v) is 12.4. The Morgan fingerprint density at radius 1 is 0.393 bits per heavy atom. The quantitative estimate of drug-likeness (QED) is 0.176. The minimum atomic E-state index is 0.903. The van der Waals surface area contributed by atoms with Gasteiger partial charge < -0.3 is 13.7 Å². The van der Waals surface area contributed by atoms with E-state index in [-0.39, 0.29) is 0 Å². The predicted octanol–water partition coefficient (Wildman–Crippen LogP) is 15.8. The van der Waals surface area contributed by atoms with Gasteiger partial charge in [0.05, 0.1) is 16.1 Å². The Kier molecular flexibility index (Phi) is 6.80. The van der Waals surface area contributed by atoms with Crippen LogP contribution in [0.4, 0.5) is 17.1 Å². The lowest BCUT2D eigenvalue weighted by Crippen LogP contribution is -2.11. The zero-order valence-electron chi connectivity index (χ0n) is 30.1. The van der Waals surface area contributed by atoms with E-state index in [0.29, 0.717) is 0 Å². The number of thiophene rings is 1. The maximum Gasteiger partial charge on any atom is 0.144 e. The topological polar surface area (TPSA) is 29.5 Å². The summed E-state index contributed by atoms with van der Waals surface area (Å²) in [5, 5.41) is 9.30. The number of anilines is 3. The van der Waals surface area contributed by atoms with Crippen LogP contribution in [0.5, 0.6) is 0 Å². The van der Waals surface area contributed by atoms with Gasteiger partial charge in [-0.05, 0) is 76.5 Å².